The lowest BCUT2D eigenvalue weighted by Gasteiger charge is -2.13. The van der Waals surface area contributed by atoms with E-state index in [1.807, 2.05) is 6.92 Å². The third-order valence-corrected chi connectivity index (χ3v) is 5.41. The van der Waals surface area contributed by atoms with E-state index < -0.39 is 10.1 Å². The number of rotatable bonds is 1. The smallest absolute Gasteiger partial charge is 0.314 e. The molecule has 0 unspecified atom stereocenters. The van der Waals surface area contributed by atoms with Crippen LogP contribution in [0.2, 0.25) is 10.0 Å². The normalized spacial score (nSPS) is 11.0. The molecule has 0 amide bonds. The maximum atomic E-state index is 10.8. The molecule has 9 heteroatoms. The summed E-state index contributed by atoms with van der Waals surface area (Å²) >= 11 is 11.4. The van der Waals surface area contributed by atoms with Gasteiger partial charge in [0.15, 0.2) is 0 Å². The van der Waals surface area contributed by atoms with E-state index >= 15 is 0 Å². The van der Waals surface area contributed by atoms with Crippen LogP contribution in [0, 0.1) is 27.7 Å². The van der Waals surface area contributed by atoms with Gasteiger partial charge in [-0.2, -0.15) is 0 Å². The number of nitrogens with two attached hydrogens (primary N) is 2. The molecule has 0 aliphatic heterocycles. The van der Waals surface area contributed by atoms with E-state index in [2.05, 4.69) is 0 Å². The Kier molecular flexibility index (Phi) is 6.46. The second-order valence-corrected chi connectivity index (χ2v) is 7.43. The zero-order chi connectivity index (χ0) is 18.8. The quantitative estimate of drug-likeness (QED) is 0.440. The van der Waals surface area contributed by atoms with Gasteiger partial charge in [-0.25, -0.2) is 8.42 Å². The van der Waals surface area contributed by atoms with Crippen molar-refractivity contribution in [3.63, 3.8) is 0 Å². The monoisotopic (exact) mass is 391 g/mol. The summed E-state index contributed by atoms with van der Waals surface area (Å²) < 4.78 is 33.5. The molecule has 1 aromatic heterocycles. The van der Waals surface area contributed by atoms with E-state index in [0.717, 1.165) is 11.1 Å². The molecule has 0 spiro atoms. The van der Waals surface area contributed by atoms with Crippen LogP contribution >= 0.6 is 23.2 Å². The summed E-state index contributed by atoms with van der Waals surface area (Å²) in [6.45, 7) is 7.09. The summed E-state index contributed by atoms with van der Waals surface area (Å²) in [5.41, 5.74) is 8.59. The maximum Gasteiger partial charge on any atom is 0.314 e. The average Bonchev–Trinajstić information content (AvgIpc) is 2.48. The lowest BCUT2D eigenvalue weighted by Crippen LogP contribution is -2.50. The highest BCUT2D eigenvalue weighted by Gasteiger charge is 2.13. The minimum Gasteiger partial charge on any atom is -0.744 e. The second-order valence-electron chi connectivity index (χ2n) is 5.27. The van der Waals surface area contributed by atoms with Crippen molar-refractivity contribution in [1.29, 1.82) is 0 Å². The fourth-order valence-electron chi connectivity index (χ4n) is 1.90. The molecule has 4 N–H and O–H groups in total. The summed E-state index contributed by atoms with van der Waals surface area (Å²) in [4.78, 5) is -0.115. The van der Waals surface area contributed by atoms with Gasteiger partial charge < -0.3 is 4.55 Å². The second kappa shape index (κ2) is 7.57. The van der Waals surface area contributed by atoms with Crippen LogP contribution in [-0.4, -0.2) is 13.0 Å². The molecule has 6 nitrogen and oxygen atoms in total. The highest BCUT2D eigenvalue weighted by molar-refractivity contribution is 7.85. The third kappa shape index (κ3) is 4.51. The number of pyridine rings is 1. The first kappa shape index (κ1) is 20.5. The zero-order valence-corrected chi connectivity index (χ0v) is 16.1. The number of hydrogen-bond acceptors (Lipinski definition) is 5. The Bertz CT molecular complexity index is 858. The largest absolute Gasteiger partial charge is 0.744 e. The molecule has 0 saturated heterocycles. The van der Waals surface area contributed by atoms with Crippen molar-refractivity contribution in [2.75, 3.05) is 11.6 Å². The number of nitrogen functional groups attached to an aromatic ring is 2. The van der Waals surface area contributed by atoms with E-state index in [-0.39, 0.29) is 4.90 Å². The summed E-state index contributed by atoms with van der Waals surface area (Å²) in [6, 6.07) is 4.57. The Morgan fingerprint density at radius 2 is 1.58 bits per heavy atom. The van der Waals surface area contributed by atoms with E-state index in [1.54, 1.807) is 32.9 Å². The molecule has 24 heavy (non-hydrogen) atoms. The Hall–Kier alpha value is -1.54. The third-order valence-electron chi connectivity index (χ3n) is 3.74. The summed E-state index contributed by atoms with van der Waals surface area (Å²) in [5.74, 6) is 5.82. The zero-order valence-electron chi connectivity index (χ0n) is 13.7. The Morgan fingerprint density at radius 1 is 1.04 bits per heavy atom. The lowest BCUT2D eigenvalue weighted by molar-refractivity contribution is -0.630. The van der Waals surface area contributed by atoms with Crippen LogP contribution in [0.15, 0.2) is 23.1 Å². The number of benzene rings is 1. The van der Waals surface area contributed by atoms with Gasteiger partial charge in [-0.15, -0.1) is 4.68 Å². The number of anilines is 1. The van der Waals surface area contributed by atoms with Crippen LogP contribution in [-0.2, 0) is 10.1 Å². The molecule has 0 saturated carbocycles. The summed E-state index contributed by atoms with van der Waals surface area (Å²) in [6.07, 6.45) is 0. The molecule has 1 heterocycles. The molecule has 132 valence electrons. The van der Waals surface area contributed by atoms with Gasteiger partial charge in [-0.05, 0) is 49.6 Å². The lowest BCUT2D eigenvalue weighted by atomic mass is 10.1. The summed E-state index contributed by atoms with van der Waals surface area (Å²) in [5, 5.41) is 0.870. The van der Waals surface area contributed by atoms with Crippen LogP contribution < -0.4 is 16.3 Å². The molecule has 0 aliphatic carbocycles. The standard InChI is InChI=1S/C9H12O3S.C6H7Cl2N3/c1-6-4-5-9(13(10,11)12)8(3)7(6)2;1-3-4(7)2-5(8)6(9)11(3)10/h4-5H,1-3H3,(H,10,11,12);2,9H,10H2,1H3. The average molecular weight is 392 g/mol. The minimum atomic E-state index is -4.32. The predicted octanol–water partition coefficient (Wildman–Crippen LogP) is 2.40. The van der Waals surface area contributed by atoms with Crippen LogP contribution in [0.5, 0.6) is 0 Å². The van der Waals surface area contributed by atoms with Crippen molar-refractivity contribution < 1.29 is 17.6 Å². The number of aromatic nitrogens is 1. The molecule has 2 rings (SSSR count). The van der Waals surface area contributed by atoms with Gasteiger partial charge in [-0.1, -0.05) is 29.3 Å². The van der Waals surface area contributed by atoms with Crippen molar-refractivity contribution in [1.82, 2.24) is 0 Å². The van der Waals surface area contributed by atoms with Gasteiger partial charge in [0.05, 0.1) is 9.92 Å². The van der Waals surface area contributed by atoms with Crippen molar-refractivity contribution in [3.05, 3.63) is 50.6 Å². The summed E-state index contributed by atoms with van der Waals surface area (Å²) in [7, 11) is -4.32. The van der Waals surface area contributed by atoms with Crippen LogP contribution in [0.3, 0.4) is 0 Å². The van der Waals surface area contributed by atoms with E-state index in [9.17, 15) is 13.0 Å². The van der Waals surface area contributed by atoms with Gasteiger partial charge in [0.1, 0.15) is 20.8 Å². The first-order chi connectivity index (χ1) is 10.9. The van der Waals surface area contributed by atoms with Gasteiger partial charge in [-0.3, -0.25) is 11.6 Å². The van der Waals surface area contributed by atoms with E-state index in [0.29, 0.717) is 27.1 Å². The fourth-order valence-corrected chi connectivity index (χ4v) is 3.12. The van der Waals surface area contributed by atoms with Gasteiger partial charge in [0.2, 0.25) is 0 Å². The molecule has 1 aromatic carbocycles. The Balaban J connectivity index is 0.000000243. The first-order valence-electron chi connectivity index (χ1n) is 6.81. The van der Waals surface area contributed by atoms with Crippen molar-refractivity contribution in [3.8, 4) is 0 Å². The van der Waals surface area contributed by atoms with E-state index in [4.69, 9.17) is 34.8 Å². The van der Waals surface area contributed by atoms with E-state index in [1.165, 1.54) is 10.7 Å². The minimum absolute atomic E-state index is 0.115. The van der Waals surface area contributed by atoms with Crippen molar-refractivity contribution in [2.45, 2.75) is 32.6 Å². The van der Waals surface area contributed by atoms with Crippen molar-refractivity contribution in [2.24, 2.45) is 0 Å². The Morgan fingerprint density at radius 3 is 2.08 bits per heavy atom. The first-order valence-corrected chi connectivity index (χ1v) is 8.98. The highest BCUT2D eigenvalue weighted by atomic mass is 35.5. The molecule has 0 bridgehead atoms. The Labute approximate surface area is 151 Å². The number of nitrogens with zero attached hydrogens (tertiary/aromatic N) is 1. The highest BCUT2D eigenvalue weighted by Crippen LogP contribution is 2.21. The predicted molar refractivity (Wildman–Crippen MR) is 94.6 cm³/mol. The SMILES string of the molecule is Cc1c(Cl)cc(Cl)c(N)[n+]1N.Cc1ccc(S(=O)(=O)[O-])c(C)c1C. The number of aryl methyl sites for hydroxylation is 1. The number of hydrogen-bond donors (Lipinski definition) is 2. The van der Waals surface area contributed by atoms with Crippen LogP contribution in [0.25, 0.3) is 0 Å². The molecule has 2 aromatic rings. The molecule has 0 aliphatic rings. The fraction of sp³-hybridized carbons (Fsp3) is 0.267. The van der Waals surface area contributed by atoms with Gasteiger partial charge in [0.25, 0.3) is 0 Å². The molecular weight excluding hydrogens is 373 g/mol. The van der Waals surface area contributed by atoms with Gasteiger partial charge >= 0.3 is 5.82 Å². The van der Waals surface area contributed by atoms with Crippen LogP contribution in [0.1, 0.15) is 22.4 Å². The van der Waals surface area contributed by atoms with Crippen molar-refractivity contribution >= 4 is 39.1 Å². The van der Waals surface area contributed by atoms with Crippen LogP contribution in [0.4, 0.5) is 5.82 Å². The van der Waals surface area contributed by atoms with Gasteiger partial charge in [0, 0.05) is 6.92 Å². The maximum absolute atomic E-state index is 10.8. The molecule has 0 fully saturated rings. The molecular formula is C15H19Cl2N3O3S. The molecule has 0 radical (unpaired) electrons. The molecule has 0 atom stereocenters. The number of halogens is 2. The topological polar surface area (TPSA) is 113 Å².